The topological polar surface area (TPSA) is 55.8 Å². The van der Waals surface area contributed by atoms with E-state index in [4.69, 9.17) is 4.74 Å². The standard InChI is InChI=1S/C17H16BrNO4/c1-19(13-6-4-3-5-7-13)16(20)11-23-15-9-8-12(10-14(15)18)17(21)22-2/h3-10H,11H2,1-2H3. The molecule has 0 fully saturated rings. The van der Waals surface area contributed by atoms with E-state index < -0.39 is 5.97 Å². The van der Waals surface area contributed by atoms with E-state index in [-0.39, 0.29) is 12.5 Å². The van der Waals surface area contributed by atoms with Crippen molar-refractivity contribution in [2.45, 2.75) is 0 Å². The van der Waals surface area contributed by atoms with E-state index in [1.54, 1.807) is 25.2 Å². The number of halogens is 1. The van der Waals surface area contributed by atoms with Crippen LogP contribution in [0.4, 0.5) is 5.69 Å². The third-order valence-electron chi connectivity index (χ3n) is 3.22. The van der Waals surface area contributed by atoms with Crippen LogP contribution in [0.1, 0.15) is 10.4 Å². The summed E-state index contributed by atoms with van der Waals surface area (Å²) in [4.78, 5) is 25.1. The number of para-hydroxylation sites is 1. The van der Waals surface area contributed by atoms with E-state index in [2.05, 4.69) is 20.7 Å². The summed E-state index contributed by atoms with van der Waals surface area (Å²) in [5, 5.41) is 0. The zero-order valence-corrected chi connectivity index (χ0v) is 14.4. The average Bonchev–Trinajstić information content (AvgIpc) is 2.59. The van der Waals surface area contributed by atoms with Crippen molar-refractivity contribution >= 4 is 33.5 Å². The predicted octanol–water partition coefficient (Wildman–Crippen LogP) is 3.28. The highest BCUT2D eigenvalue weighted by atomic mass is 79.9. The number of carbonyl (C=O) groups excluding carboxylic acids is 2. The molecule has 23 heavy (non-hydrogen) atoms. The van der Waals surface area contributed by atoms with Gasteiger partial charge >= 0.3 is 5.97 Å². The largest absolute Gasteiger partial charge is 0.483 e. The van der Waals surface area contributed by atoms with E-state index >= 15 is 0 Å². The van der Waals surface area contributed by atoms with E-state index in [9.17, 15) is 9.59 Å². The molecule has 0 radical (unpaired) electrons. The molecule has 0 atom stereocenters. The maximum atomic E-state index is 12.2. The van der Waals surface area contributed by atoms with Gasteiger partial charge in [-0.15, -0.1) is 0 Å². The summed E-state index contributed by atoms with van der Waals surface area (Å²) in [7, 11) is 3.01. The zero-order chi connectivity index (χ0) is 16.8. The minimum absolute atomic E-state index is 0.110. The Morgan fingerprint density at radius 3 is 2.43 bits per heavy atom. The van der Waals surface area contributed by atoms with Gasteiger partial charge in [0.05, 0.1) is 17.1 Å². The molecule has 0 aliphatic carbocycles. The molecule has 0 aliphatic heterocycles. The Kier molecular flexibility index (Phi) is 5.76. The molecule has 0 aliphatic rings. The lowest BCUT2D eigenvalue weighted by molar-refractivity contribution is -0.120. The Morgan fingerprint density at radius 2 is 1.83 bits per heavy atom. The summed E-state index contributed by atoms with van der Waals surface area (Å²) in [6.45, 7) is -0.110. The van der Waals surface area contributed by atoms with Gasteiger partial charge in [0.1, 0.15) is 5.75 Å². The Balaban J connectivity index is 2.00. The molecule has 120 valence electrons. The number of carbonyl (C=O) groups is 2. The number of ether oxygens (including phenoxy) is 2. The molecule has 0 spiro atoms. The highest BCUT2D eigenvalue weighted by molar-refractivity contribution is 9.10. The number of nitrogens with zero attached hydrogens (tertiary/aromatic N) is 1. The van der Waals surface area contributed by atoms with Crippen LogP contribution in [0.25, 0.3) is 0 Å². The van der Waals surface area contributed by atoms with Gasteiger partial charge in [-0.1, -0.05) is 18.2 Å². The summed E-state index contributed by atoms with van der Waals surface area (Å²) in [5.74, 6) is -0.134. The molecule has 0 N–H and O–H groups in total. The van der Waals surface area contributed by atoms with Gasteiger partial charge < -0.3 is 14.4 Å². The fourth-order valence-electron chi connectivity index (χ4n) is 1.89. The van der Waals surface area contributed by atoms with Crippen LogP contribution in [0.3, 0.4) is 0 Å². The summed E-state index contributed by atoms with van der Waals surface area (Å²) in [5.41, 5.74) is 1.20. The number of hydrogen-bond acceptors (Lipinski definition) is 4. The lowest BCUT2D eigenvalue weighted by atomic mass is 10.2. The number of methoxy groups -OCH3 is 1. The first kappa shape index (κ1) is 17.0. The van der Waals surface area contributed by atoms with E-state index in [0.717, 1.165) is 5.69 Å². The Labute approximate surface area is 142 Å². The molecule has 0 aromatic heterocycles. The SMILES string of the molecule is COC(=O)c1ccc(OCC(=O)N(C)c2ccccc2)c(Br)c1. The number of esters is 1. The Bertz CT molecular complexity index is 703. The molecule has 0 saturated heterocycles. The highest BCUT2D eigenvalue weighted by Gasteiger charge is 2.13. The van der Waals surface area contributed by atoms with Crippen molar-refractivity contribution in [1.82, 2.24) is 0 Å². The van der Waals surface area contributed by atoms with Crippen LogP contribution in [-0.2, 0) is 9.53 Å². The van der Waals surface area contributed by atoms with E-state index in [1.165, 1.54) is 12.0 Å². The second-order valence-corrected chi connectivity index (χ2v) is 5.57. The number of rotatable bonds is 5. The van der Waals surface area contributed by atoms with Crippen molar-refractivity contribution in [3.8, 4) is 5.75 Å². The fraction of sp³-hybridized carbons (Fsp3) is 0.176. The molecule has 0 bridgehead atoms. The molecular formula is C17H16BrNO4. The molecule has 0 unspecified atom stereocenters. The second-order valence-electron chi connectivity index (χ2n) is 4.71. The van der Waals surface area contributed by atoms with Crippen molar-refractivity contribution in [1.29, 1.82) is 0 Å². The summed E-state index contributed by atoms with van der Waals surface area (Å²) >= 11 is 3.32. The van der Waals surface area contributed by atoms with Crippen LogP contribution in [-0.4, -0.2) is 32.6 Å². The number of benzene rings is 2. The molecule has 2 rings (SSSR count). The van der Waals surface area contributed by atoms with Crippen LogP contribution >= 0.6 is 15.9 Å². The zero-order valence-electron chi connectivity index (χ0n) is 12.8. The Hall–Kier alpha value is -2.34. The predicted molar refractivity (Wildman–Crippen MR) is 90.8 cm³/mol. The van der Waals surface area contributed by atoms with Crippen molar-refractivity contribution in [2.24, 2.45) is 0 Å². The minimum Gasteiger partial charge on any atom is -0.483 e. The number of likely N-dealkylation sites (N-methyl/N-ethyl adjacent to an activating group) is 1. The Morgan fingerprint density at radius 1 is 1.13 bits per heavy atom. The van der Waals surface area contributed by atoms with Gasteiger partial charge in [0.15, 0.2) is 6.61 Å². The molecule has 2 aromatic carbocycles. The smallest absolute Gasteiger partial charge is 0.337 e. The molecule has 0 heterocycles. The normalized spacial score (nSPS) is 10.0. The lowest BCUT2D eigenvalue weighted by Crippen LogP contribution is -2.31. The number of anilines is 1. The van der Waals surface area contributed by atoms with Crippen molar-refractivity contribution in [2.75, 3.05) is 25.7 Å². The van der Waals surface area contributed by atoms with E-state index in [1.807, 2.05) is 30.3 Å². The number of amides is 1. The van der Waals surface area contributed by atoms with Gasteiger partial charge in [0, 0.05) is 12.7 Å². The highest BCUT2D eigenvalue weighted by Crippen LogP contribution is 2.26. The van der Waals surface area contributed by atoms with Crippen molar-refractivity contribution < 1.29 is 19.1 Å². The van der Waals surface area contributed by atoms with Crippen molar-refractivity contribution in [3.05, 3.63) is 58.6 Å². The summed E-state index contributed by atoms with van der Waals surface area (Å²) < 4.78 is 10.7. The van der Waals surface area contributed by atoms with Gasteiger partial charge in [-0.25, -0.2) is 4.79 Å². The fourth-order valence-corrected chi connectivity index (χ4v) is 2.39. The minimum atomic E-state index is -0.433. The molecular weight excluding hydrogens is 362 g/mol. The molecule has 6 heteroatoms. The summed E-state index contributed by atoms with van der Waals surface area (Å²) in [6, 6.07) is 14.1. The monoisotopic (exact) mass is 377 g/mol. The third-order valence-corrected chi connectivity index (χ3v) is 3.84. The van der Waals surface area contributed by atoms with Gasteiger partial charge in [0.25, 0.3) is 5.91 Å². The third kappa shape index (κ3) is 4.32. The van der Waals surface area contributed by atoms with Crippen LogP contribution < -0.4 is 9.64 Å². The van der Waals surface area contributed by atoms with Gasteiger partial charge in [0.2, 0.25) is 0 Å². The lowest BCUT2D eigenvalue weighted by Gasteiger charge is -2.17. The second kappa shape index (κ2) is 7.78. The van der Waals surface area contributed by atoms with Crippen LogP contribution in [0.5, 0.6) is 5.75 Å². The summed E-state index contributed by atoms with van der Waals surface area (Å²) in [6.07, 6.45) is 0. The first-order valence-corrected chi connectivity index (χ1v) is 7.64. The van der Waals surface area contributed by atoms with Crippen LogP contribution in [0.15, 0.2) is 53.0 Å². The van der Waals surface area contributed by atoms with Crippen LogP contribution in [0.2, 0.25) is 0 Å². The first-order chi connectivity index (χ1) is 11.0. The van der Waals surface area contributed by atoms with Gasteiger partial charge in [-0.2, -0.15) is 0 Å². The average molecular weight is 378 g/mol. The quantitative estimate of drug-likeness (QED) is 0.750. The molecule has 1 amide bonds. The maximum absolute atomic E-state index is 12.2. The first-order valence-electron chi connectivity index (χ1n) is 6.85. The molecule has 5 nitrogen and oxygen atoms in total. The van der Waals surface area contributed by atoms with Crippen molar-refractivity contribution in [3.63, 3.8) is 0 Å². The van der Waals surface area contributed by atoms with Gasteiger partial charge in [-0.3, -0.25) is 4.79 Å². The van der Waals surface area contributed by atoms with Crippen LogP contribution in [0, 0.1) is 0 Å². The molecule has 0 saturated carbocycles. The number of hydrogen-bond donors (Lipinski definition) is 0. The maximum Gasteiger partial charge on any atom is 0.337 e. The molecule has 2 aromatic rings. The van der Waals surface area contributed by atoms with Gasteiger partial charge in [-0.05, 0) is 46.3 Å². The van der Waals surface area contributed by atoms with E-state index in [0.29, 0.717) is 15.8 Å².